The standard InChI is InChI=1S/C25H23ClN2O3/c1-25(2,3)19-12-10-18(11-13-19)24(30)31-20-14-8-17(9-15-20)16-27-28-23(29)21-6-4-5-7-22(21)26/h4-16H,1-3H3,(H,28,29). The predicted molar refractivity (Wildman–Crippen MR) is 123 cm³/mol. The lowest BCUT2D eigenvalue weighted by atomic mass is 9.87. The molecule has 158 valence electrons. The van der Waals surface area contributed by atoms with E-state index in [0.717, 1.165) is 11.1 Å². The van der Waals surface area contributed by atoms with Gasteiger partial charge >= 0.3 is 5.97 Å². The number of rotatable bonds is 5. The molecule has 5 nitrogen and oxygen atoms in total. The Morgan fingerprint density at radius 2 is 1.58 bits per heavy atom. The highest BCUT2D eigenvalue weighted by molar-refractivity contribution is 6.33. The number of esters is 1. The molecular formula is C25H23ClN2O3. The Morgan fingerprint density at radius 1 is 0.935 bits per heavy atom. The molecule has 1 N–H and O–H groups in total. The minimum Gasteiger partial charge on any atom is -0.423 e. The zero-order valence-electron chi connectivity index (χ0n) is 17.6. The van der Waals surface area contributed by atoms with Crippen molar-refractivity contribution in [2.24, 2.45) is 5.10 Å². The molecule has 0 aromatic heterocycles. The van der Waals surface area contributed by atoms with E-state index in [9.17, 15) is 9.59 Å². The summed E-state index contributed by atoms with van der Waals surface area (Å²) in [5, 5.41) is 4.29. The van der Waals surface area contributed by atoms with Crippen molar-refractivity contribution in [2.75, 3.05) is 0 Å². The van der Waals surface area contributed by atoms with Crippen LogP contribution in [-0.4, -0.2) is 18.1 Å². The van der Waals surface area contributed by atoms with Gasteiger partial charge < -0.3 is 4.74 Å². The highest BCUT2D eigenvalue weighted by atomic mass is 35.5. The van der Waals surface area contributed by atoms with E-state index in [0.29, 0.717) is 21.9 Å². The Hall–Kier alpha value is -3.44. The minimum atomic E-state index is -0.422. The van der Waals surface area contributed by atoms with Gasteiger partial charge in [-0.05, 0) is 65.1 Å². The van der Waals surface area contributed by atoms with Gasteiger partial charge in [-0.2, -0.15) is 5.10 Å². The molecule has 3 aromatic carbocycles. The van der Waals surface area contributed by atoms with Crippen molar-refractivity contribution in [2.45, 2.75) is 26.2 Å². The maximum absolute atomic E-state index is 12.4. The average Bonchev–Trinajstić information content (AvgIpc) is 2.74. The fourth-order valence-corrected chi connectivity index (χ4v) is 2.99. The number of amides is 1. The van der Waals surface area contributed by atoms with Crippen LogP contribution in [0.3, 0.4) is 0 Å². The summed E-state index contributed by atoms with van der Waals surface area (Å²) in [6.07, 6.45) is 1.49. The molecule has 3 aromatic rings. The molecule has 0 aliphatic heterocycles. The number of hydrazone groups is 1. The third-order valence-electron chi connectivity index (χ3n) is 4.58. The molecule has 0 heterocycles. The predicted octanol–water partition coefficient (Wildman–Crippen LogP) is 5.62. The van der Waals surface area contributed by atoms with Crippen LogP contribution in [0.5, 0.6) is 5.75 Å². The lowest BCUT2D eigenvalue weighted by molar-refractivity contribution is 0.0734. The quantitative estimate of drug-likeness (QED) is 0.245. The molecule has 31 heavy (non-hydrogen) atoms. The number of carbonyl (C=O) groups is 2. The van der Waals surface area contributed by atoms with Crippen molar-refractivity contribution in [3.05, 3.63) is 100 Å². The molecular weight excluding hydrogens is 412 g/mol. The first kappa shape index (κ1) is 22.2. The summed E-state index contributed by atoms with van der Waals surface area (Å²) < 4.78 is 5.43. The van der Waals surface area contributed by atoms with E-state index in [1.165, 1.54) is 6.21 Å². The molecule has 0 spiro atoms. The second-order valence-electron chi connectivity index (χ2n) is 7.96. The van der Waals surface area contributed by atoms with E-state index >= 15 is 0 Å². The van der Waals surface area contributed by atoms with E-state index in [2.05, 4.69) is 31.3 Å². The lowest BCUT2D eigenvalue weighted by Gasteiger charge is -2.18. The van der Waals surface area contributed by atoms with Crippen LogP contribution in [-0.2, 0) is 5.41 Å². The molecule has 0 saturated carbocycles. The third-order valence-corrected chi connectivity index (χ3v) is 4.91. The Bertz CT molecular complexity index is 1100. The van der Waals surface area contributed by atoms with E-state index in [1.54, 1.807) is 60.7 Å². The van der Waals surface area contributed by atoms with Crippen LogP contribution >= 0.6 is 11.6 Å². The van der Waals surface area contributed by atoms with Crippen molar-refractivity contribution in [1.82, 2.24) is 5.43 Å². The highest BCUT2D eigenvalue weighted by Crippen LogP contribution is 2.23. The number of hydrogen-bond acceptors (Lipinski definition) is 4. The number of nitrogens with zero attached hydrogens (tertiary/aromatic N) is 1. The molecule has 0 atom stereocenters. The van der Waals surface area contributed by atoms with Gasteiger partial charge in [-0.15, -0.1) is 0 Å². The Labute approximate surface area is 186 Å². The molecule has 0 radical (unpaired) electrons. The molecule has 3 rings (SSSR count). The zero-order chi connectivity index (χ0) is 22.4. The van der Waals surface area contributed by atoms with Gasteiger partial charge in [-0.3, -0.25) is 4.79 Å². The normalized spacial score (nSPS) is 11.4. The molecule has 6 heteroatoms. The van der Waals surface area contributed by atoms with Gasteiger partial charge in [0.25, 0.3) is 5.91 Å². The number of benzene rings is 3. The van der Waals surface area contributed by atoms with Gasteiger partial charge in [0.2, 0.25) is 0 Å². The van der Waals surface area contributed by atoms with Crippen LogP contribution in [0.4, 0.5) is 0 Å². The summed E-state index contributed by atoms with van der Waals surface area (Å²) in [5.74, 6) is -0.402. The third kappa shape index (κ3) is 6.03. The molecule has 0 aliphatic carbocycles. The van der Waals surface area contributed by atoms with Gasteiger partial charge in [0.15, 0.2) is 0 Å². The summed E-state index contributed by atoms with van der Waals surface area (Å²) in [4.78, 5) is 24.4. The zero-order valence-corrected chi connectivity index (χ0v) is 18.3. The van der Waals surface area contributed by atoms with E-state index in [-0.39, 0.29) is 5.41 Å². The fraction of sp³-hybridized carbons (Fsp3) is 0.160. The van der Waals surface area contributed by atoms with Crippen LogP contribution < -0.4 is 10.2 Å². The van der Waals surface area contributed by atoms with Gasteiger partial charge in [0.1, 0.15) is 5.75 Å². The highest BCUT2D eigenvalue weighted by Gasteiger charge is 2.15. The first-order chi connectivity index (χ1) is 14.7. The summed E-state index contributed by atoms with van der Waals surface area (Å²) in [6, 6.07) is 20.9. The smallest absolute Gasteiger partial charge is 0.343 e. The van der Waals surface area contributed by atoms with Crippen LogP contribution in [0, 0.1) is 0 Å². The monoisotopic (exact) mass is 434 g/mol. The van der Waals surface area contributed by atoms with E-state index in [1.807, 2.05) is 12.1 Å². The molecule has 0 saturated heterocycles. The molecule has 0 bridgehead atoms. The summed E-state index contributed by atoms with van der Waals surface area (Å²) in [7, 11) is 0. The first-order valence-corrected chi connectivity index (χ1v) is 10.1. The largest absolute Gasteiger partial charge is 0.423 e. The summed E-state index contributed by atoms with van der Waals surface area (Å²) >= 11 is 5.99. The number of ether oxygens (including phenoxy) is 1. The summed E-state index contributed by atoms with van der Waals surface area (Å²) in [5.41, 5.74) is 5.16. The number of halogens is 1. The van der Waals surface area contributed by atoms with Crippen molar-refractivity contribution in [1.29, 1.82) is 0 Å². The van der Waals surface area contributed by atoms with E-state index in [4.69, 9.17) is 16.3 Å². The Morgan fingerprint density at radius 3 is 2.19 bits per heavy atom. The van der Waals surface area contributed by atoms with Gasteiger partial charge in [-0.1, -0.05) is 56.6 Å². The Kier molecular flexibility index (Phi) is 6.88. The average molecular weight is 435 g/mol. The minimum absolute atomic E-state index is 0.0205. The molecule has 1 amide bonds. The molecule has 0 unspecified atom stereocenters. The van der Waals surface area contributed by atoms with Crippen molar-refractivity contribution in [3.8, 4) is 5.75 Å². The van der Waals surface area contributed by atoms with Gasteiger partial charge in [0, 0.05) is 0 Å². The van der Waals surface area contributed by atoms with Crippen LogP contribution in [0.15, 0.2) is 77.9 Å². The summed E-state index contributed by atoms with van der Waals surface area (Å²) in [6.45, 7) is 6.36. The second kappa shape index (κ2) is 9.58. The number of carbonyl (C=O) groups excluding carboxylic acids is 2. The SMILES string of the molecule is CC(C)(C)c1ccc(C(=O)Oc2ccc(C=NNC(=O)c3ccccc3Cl)cc2)cc1. The topological polar surface area (TPSA) is 67.8 Å². The second-order valence-corrected chi connectivity index (χ2v) is 8.37. The van der Waals surface area contributed by atoms with Crippen molar-refractivity contribution >= 4 is 29.7 Å². The van der Waals surface area contributed by atoms with Gasteiger partial charge in [0.05, 0.1) is 22.4 Å². The lowest BCUT2D eigenvalue weighted by Crippen LogP contribution is -2.17. The fourth-order valence-electron chi connectivity index (χ4n) is 2.77. The Balaban J connectivity index is 1.57. The van der Waals surface area contributed by atoms with Crippen LogP contribution in [0.2, 0.25) is 5.02 Å². The number of hydrogen-bond donors (Lipinski definition) is 1. The molecule has 0 fully saturated rings. The number of nitrogens with one attached hydrogen (secondary N) is 1. The maximum Gasteiger partial charge on any atom is 0.343 e. The van der Waals surface area contributed by atoms with Crippen LogP contribution in [0.1, 0.15) is 52.6 Å². The molecule has 0 aliphatic rings. The van der Waals surface area contributed by atoms with Gasteiger partial charge in [-0.25, -0.2) is 10.2 Å². The van der Waals surface area contributed by atoms with E-state index < -0.39 is 11.9 Å². The van der Waals surface area contributed by atoms with Crippen molar-refractivity contribution < 1.29 is 14.3 Å². The van der Waals surface area contributed by atoms with Crippen LogP contribution in [0.25, 0.3) is 0 Å². The first-order valence-electron chi connectivity index (χ1n) is 9.75. The maximum atomic E-state index is 12.4. The van der Waals surface area contributed by atoms with Crippen molar-refractivity contribution in [3.63, 3.8) is 0 Å².